The molecule has 1 aromatic carbocycles. The fourth-order valence-corrected chi connectivity index (χ4v) is 4.37. The second-order valence-electron chi connectivity index (χ2n) is 6.80. The zero-order valence-electron chi connectivity index (χ0n) is 14.0. The lowest BCUT2D eigenvalue weighted by atomic mass is 10.1. The monoisotopic (exact) mass is 359 g/mol. The zero-order valence-corrected chi connectivity index (χ0v) is 14.8. The van der Waals surface area contributed by atoms with Crippen LogP contribution >= 0.6 is 11.3 Å². The highest BCUT2D eigenvalue weighted by Crippen LogP contribution is 2.40. The Balaban J connectivity index is 1.16. The Morgan fingerprint density at radius 1 is 1.28 bits per heavy atom. The van der Waals surface area contributed by atoms with Crippen molar-refractivity contribution in [2.45, 2.75) is 31.3 Å². The molecule has 4 rings (SSSR count). The quantitative estimate of drug-likeness (QED) is 0.862. The van der Waals surface area contributed by atoms with E-state index in [2.05, 4.69) is 27.0 Å². The van der Waals surface area contributed by atoms with Gasteiger partial charge >= 0.3 is 6.03 Å². The molecule has 1 fully saturated rings. The normalized spacial score (nSPS) is 22.3. The highest BCUT2D eigenvalue weighted by atomic mass is 32.1. The standard InChI is InChI=1S/C19H22FN3OS/c20-15-3-1-13(2-4-15)16-11-17(16)22-19(24)21-7-9-23-8-5-18-14(12-23)6-10-25-18/h1-4,6,10,16-17H,5,7-9,11-12H2,(H2,21,22,24)/t16-,17+/m0/s1. The SMILES string of the molecule is O=C(NCCN1CCc2sccc2C1)N[C@@H]1C[C@H]1c1ccc(F)cc1. The summed E-state index contributed by atoms with van der Waals surface area (Å²) in [5.41, 5.74) is 2.52. The maximum Gasteiger partial charge on any atom is 0.315 e. The number of benzene rings is 1. The van der Waals surface area contributed by atoms with Gasteiger partial charge in [-0.1, -0.05) is 12.1 Å². The van der Waals surface area contributed by atoms with Gasteiger partial charge in [-0.15, -0.1) is 11.3 Å². The lowest BCUT2D eigenvalue weighted by Crippen LogP contribution is -2.42. The number of nitrogens with zero attached hydrogens (tertiary/aromatic N) is 1. The Bertz CT molecular complexity index is 745. The average molecular weight is 359 g/mol. The van der Waals surface area contributed by atoms with Gasteiger partial charge in [-0.05, 0) is 47.5 Å². The molecular weight excluding hydrogens is 337 g/mol. The second-order valence-corrected chi connectivity index (χ2v) is 7.80. The van der Waals surface area contributed by atoms with Gasteiger partial charge in [0.05, 0.1) is 0 Å². The first-order valence-electron chi connectivity index (χ1n) is 8.76. The Hall–Kier alpha value is -1.92. The van der Waals surface area contributed by atoms with Crippen molar-refractivity contribution in [1.82, 2.24) is 15.5 Å². The predicted molar refractivity (Wildman–Crippen MR) is 97.4 cm³/mol. The summed E-state index contributed by atoms with van der Waals surface area (Å²) in [6.07, 6.45) is 2.03. The van der Waals surface area contributed by atoms with Crippen molar-refractivity contribution in [2.24, 2.45) is 0 Å². The van der Waals surface area contributed by atoms with E-state index in [1.807, 2.05) is 11.3 Å². The van der Waals surface area contributed by atoms with Crippen LogP contribution in [0.5, 0.6) is 0 Å². The van der Waals surface area contributed by atoms with Crippen LogP contribution in [0.4, 0.5) is 9.18 Å². The summed E-state index contributed by atoms with van der Waals surface area (Å²) >= 11 is 1.84. The third kappa shape index (κ3) is 4.02. The van der Waals surface area contributed by atoms with Crippen molar-refractivity contribution in [3.63, 3.8) is 0 Å². The number of hydrogen-bond donors (Lipinski definition) is 2. The van der Waals surface area contributed by atoms with Crippen molar-refractivity contribution in [2.75, 3.05) is 19.6 Å². The summed E-state index contributed by atoms with van der Waals surface area (Å²) in [7, 11) is 0. The van der Waals surface area contributed by atoms with Crippen molar-refractivity contribution >= 4 is 17.4 Å². The molecule has 6 heteroatoms. The van der Waals surface area contributed by atoms with Crippen LogP contribution in [0.15, 0.2) is 35.7 Å². The number of hydrogen-bond acceptors (Lipinski definition) is 3. The molecule has 2 amide bonds. The molecule has 25 heavy (non-hydrogen) atoms. The van der Waals surface area contributed by atoms with Crippen LogP contribution in [0.3, 0.4) is 0 Å². The Kier molecular flexibility index (Phi) is 4.72. The van der Waals surface area contributed by atoms with Crippen molar-refractivity contribution in [1.29, 1.82) is 0 Å². The number of carbonyl (C=O) groups is 1. The van der Waals surface area contributed by atoms with E-state index in [1.54, 1.807) is 12.1 Å². The van der Waals surface area contributed by atoms with Crippen LogP contribution in [0.1, 0.15) is 28.3 Å². The molecule has 132 valence electrons. The number of halogens is 1. The van der Waals surface area contributed by atoms with Gasteiger partial charge in [-0.2, -0.15) is 0 Å². The predicted octanol–water partition coefficient (Wildman–Crippen LogP) is 3.10. The first kappa shape index (κ1) is 16.5. The fourth-order valence-electron chi connectivity index (χ4n) is 3.48. The Morgan fingerprint density at radius 2 is 2.12 bits per heavy atom. The number of amides is 2. The first-order chi connectivity index (χ1) is 12.2. The van der Waals surface area contributed by atoms with Crippen LogP contribution in [-0.4, -0.2) is 36.6 Å². The third-order valence-corrected chi connectivity index (χ3v) is 6.03. The summed E-state index contributed by atoms with van der Waals surface area (Å²) in [4.78, 5) is 15.9. The van der Waals surface area contributed by atoms with Gasteiger partial charge in [0.25, 0.3) is 0 Å². The minimum absolute atomic E-state index is 0.108. The topological polar surface area (TPSA) is 44.4 Å². The molecule has 2 atom stereocenters. The number of thiophene rings is 1. The molecule has 0 bridgehead atoms. The van der Waals surface area contributed by atoms with Gasteiger partial charge in [0, 0.05) is 43.0 Å². The van der Waals surface area contributed by atoms with E-state index in [0.717, 1.165) is 38.0 Å². The fraction of sp³-hybridized carbons (Fsp3) is 0.421. The zero-order chi connectivity index (χ0) is 17.2. The molecule has 0 saturated heterocycles. The number of urea groups is 1. The number of fused-ring (bicyclic) bond motifs is 1. The summed E-state index contributed by atoms with van der Waals surface area (Å²) < 4.78 is 13.0. The average Bonchev–Trinajstić information content (AvgIpc) is 3.20. The molecule has 1 saturated carbocycles. The molecule has 0 unspecified atom stereocenters. The minimum atomic E-state index is -0.223. The van der Waals surface area contributed by atoms with Gasteiger partial charge in [0.15, 0.2) is 0 Å². The van der Waals surface area contributed by atoms with E-state index >= 15 is 0 Å². The van der Waals surface area contributed by atoms with Crippen molar-refractivity contribution < 1.29 is 9.18 Å². The van der Waals surface area contributed by atoms with Crippen LogP contribution in [0.25, 0.3) is 0 Å². The molecule has 1 aromatic heterocycles. The third-order valence-electron chi connectivity index (χ3n) is 5.01. The molecular formula is C19H22FN3OS. The van der Waals surface area contributed by atoms with Gasteiger partial charge in [0.2, 0.25) is 0 Å². The lowest BCUT2D eigenvalue weighted by Gasteiger charge is -2.26. The van der Waals surface area contributed by atoms with Gasteiger partial charge in [-0.25, -0.2) is 9.18 Å². The van der Waals surface area contributed by atoms with E-state index in [0.29, 0.717) is 12.5 Å². The summed E-state index contributed by atoms with van der Waals surface area (Å²) in [5.74, 6) is 0.0874. The van der Waals surface area contributed by atoms with E-state index in [-0.39, 0.29) is 17.9 Å². The van der Waals surface area contributed by atoms with E-state index in [9.17, 15) is 9.18 Å². The van der Waals surface area contributed by atoms with Gasteiger partial charge < -0.3 is 10.6 Å². The lowest BCUT2D eigenvalue weighted by molar-refractivity contribution is 0.231. The maximum atomic E-state index is 13.0. The van der Waals surface area contributed by atoms with Gasteiger partial charge in [-0.3, -0.25) is 4.90 Å². The highest BCUT2D eigenvalue weighted by molar-refractivity contribution is 7.10. The Morgan fingerprint density at radius 3 is 2.96 bits per heavy atom. The van der Waals surface area contributed by atoms with Gasteiger partial charge in [0.1, 0.15) is 5.82 Å². The molecule has 2 aliphatic rings. The number of nitrogens with one attached hydrogen (secondary N) is 2. The first-order valence-corrected chi connectivity index (χ1v) is 9.64. The van der Waals surface area contributed by atoms with Crippen LogP contribution < -0.4 is 10.6 Å². The molecule has 1 aliphatic heterocycles. The maximum absolute atomic E-state index is 13.0. The summed E-state index contributed by atoms with van der Waals surface area (Å²) in [5, 5.41) is 8.12. The molecule has 0 spiro atoms. The summed E-state index contributed by atoms with van der Waals surface area (Å²) in [6, 6.07) is 8.81. The molecule has 2 aromatic rings. The second kappa shape index (κ2) is 7.14. The molecule has 4 nitrogen and oxygen atoms in total. The van der Waals surface area contributed by atoms with Crippen LogP contribution in [0.2, 0.25) is 0 Å². The molecule has 2 heterocycles. The molecule has 0 radical (unpaired) electrons. The van der Waals surface area contributed by atoms with Crippen molar-refractivity contribution in [3.05, 3.63) is 57.5 Å². The highest BCUT2D eigenvalue weighted by Gasteiger charge is 2.39. The van der Waals surface area contributed by atoms with E-state index in [1.165, 1.54) is 22.6 Å². The summed E-state index contributed by atoms with van der Waals surface area (Å²) in [6.45, 7) is 3.57. The van der Waals surface area contributed by atoms with Crippen LogP contribution in [0, 0.1) is 5.82 Å². The number of carbonyl (C=O) groups excluding carboxylic acids is 1. The van der Waals surface area contributed by atoms with E-state index in [4.69, 9.17) is 0 Å². The largest absolute Gasteiger partial charge is 0.337 e. The van der Waals surface area contributed by atoms with E-state index < -0.39 is 0 Å². The molecule has 2 N–H and O–H groups in total. The Labute approximate surface area is 151 Å². The smallest absolute Gasteiger partial charge is 0.315 e. The number of rotatable bonds is 5. The minimum Gasteiger partial charge on any atom is -0.337 e. The van der Waals surface area contributed by atoms with Crippen molar-refractivity contribution in [3.8, 4) is 0 Å². The van der Waals surface area contributed by atoms with Crippen LogP contribution in [-0.2, 0) is 13.0 Å². The molecule has 1 aliphatic carbocycles.